The molecule has 0 fully saturated rings. The molecule has 98 valence electrons. The summed E-state index contributed by atoms with van der Waals surface area (Å²) >= 11 is 4.37. The van der Waals surface area contributed by atoms with Crippen LogP contribution in [0.25, 0.3) is 0 Å². The van der Waals surface area contributed by atoms with Crippen molar-refractivity contribution in [2.45, 2.75) is 24.3 Å². The minimum Gasteiger partial charge on any atom is -0.378 e. The van der Waals surface area contributed by atoms with Gasteiger partial charge in [-0.15, -0.1) is 11.8 Å². The second-order valence-corrected chi connectivity index (χ2v) is 7.13. The third-order valence-electron chi connectivity index (χ3n) is 3.47. The predicted molar refractivity (Wildman–Crippen MR) is 92.0 cm³/mol. The van der Waals surface area contributed by atoms with E-state index in [1.54, 1.807) is 0 Å². The lowest BCUT2D eigenvalue weighted by Gasteiger charge is -2.27. The highest BCUT2D eigenvalue weighted by Crippen LogP contribution is 2.37. The second kappa shape index (κ2) is 5.75. The van der Waals surface area contributed by atoms with Crippen LogP contribution in [0, 0.1) is 10.5 Å². The molecule has 0 aliphatic carbocycles. The van der Waals surface area contributed by atoms with Gasteiger partial charge < -0.3 is 5.32 Å². The Kier molecular flexibility index (Phi) is 4.03. The van der Waals surface area contributed by atoms with E-state index in [-0.39, 0.29) is 0 Å². The van der Waals surface area contributed by atoms with Crippen LogP contribution >= 0.6 is 34.4 Å². The van der Waals surface area contributed by atoms with E-state index in [1.807, 2.05) is 11.8 Å². The standard InChI is InChI=1S/C16H16INS/c1-11-6-7-12(10-14(11)17)18-15-8-9-19-16-5-3-2-4-13(15)16/h2-7,10,15,18H,8-9H2,1H3. The molecule has 0 radical (unpaired) electrons. The molecule has 2 aromatic rings. The SMILES string of the molecule is Cc1ccc(NC2CCSc3ccccc32)cc1I. The van der Waals surface area contributed by atoms with Crippen molar-refractivity contribution in [2.24, 2.45) is 0 Å². The number of aryl methyl sites for hydroxylation is 1. The van der Waals surface area contributed by atoms with Crippen molar-refractivity contribution >= 4 is 40.0 Å². The molecule has 1 nitrogen and oxygen atoms in total. The summed E-state index contributed by atoms with van der Waals surface area (Å²) in [4.78, 5) is 1.42. The van der Waals surface area contributed by atoms with E-state index in [0.29, 0.717) is 6.04 Å². The molecular formula is C16H16INS. The van der Waals surface area contributed by atoms with Crippen LogP contribution in [0.2, 0.25) is 0 Å². The van der Waals surface area contributed by atoms with Gasteiger partial charge in [-0.05, 0) is 65.3 Å². The van der Waals surface area contributed by atoms with Gasteiger partial charge in [0, 0.05) is 19.9 Å². The average Bonchev–Trinajstić information content (AvgIpc) is 2.43. The molecule has 1 unspecified atom stereocenters. The number of fused-ring (bicyclic) bond motifs is 1. The normalized spacial score (nSPS) is 17.9. The van der Waals surface area contributed by atoms with Gasteiger partial charge >= 0.3 is 0 Å². The van der Waals surface area contributed by atoms with Crippen molar-refractivity contribution in [1.29, 1.82) is 0 Å². The number of hydrogen-bond acceptors (Lipinski definition) is 2. The van der Waals surface area contributed by atoms with Gasteiger partial charge in [0.25, 0.3) is 0 Å². The average molecular weight is 381 g/mol. The lowest BCUT2D eigenvalue weighted by molar-refractivity contribution is 0.728. The van der Waals surface area contributed by atoms with Crippen LogP contribution in [0.1, 0.15) is 23.6 Å². The Bertz CT molecular complexity index is 597. The van der Waals surface area contributed by atoms with Crippen molar-refractivity contribution in [1.82, 2.24) is 0 Å². The summed E-state index contributed by atoms with van der Waals surface area (Å²) in [5.74, 6) is 1.19. The molecule has 3 heteroatoms. The smallest absolute Gasteiger partial charge is 0.0532 e. The van der Waals surface area contributed by atoms with Crippen LogP contribution in [-0.2, 0) is 0 Å². The molecular weight excluding hydrogens is 365 g/mol. The molecule has 19 heavy (non-hydrogen) atoms. The Balaban J connectivity index is 1.86. The molecule has 0 saturated carbocycles. The molecule has 1 aliphatic rings. The van der Waals surface area contributed by atoms with E-state index >= 15 is 0 Å². The maximum Gasteiger partial charge on any atom is 0.0532 e. The lowest BCUT2D eigenvalue weighted by Crippen LogP contribution is -2.16. The molecule has 2 aromatic carbocycles. The number of rotatable bonds is 2. The molecule has 3 rings (SSSR count). The third kappa shape index (κ3) is 2.92. The van der Waals surface area contributed by atoms with Gasteiger partial charge in [0.05, 0.1) is 6.04 Å². The molecule has 0 saturated heterocycles. The summed E-state index contributed by atoms with van der Waals surface area (Å²) < 4.78 is 1.32. The minimum absolute atomic E-state index is 0.441. The largest absolute Gasteiger partial charge is 0.378 e. The summed E-state index contributed by atoms with van der Waals surface area (Å²) in [6, 6.07) is 15.8. The molecule has 1 heterocycles. The van der Waals surface area contributed by atoms with Crippen LogP contribution in [0.4, 0.5) is 5.69 Å². The number of anilines is 1. The van der Waals surface area contributed by atoms with Crippen molar-refractivity contribution < 1.29 is 0 Å². The van der Waals surface area contributed by atoms with E-state index in [9.17, 15) is 0 Å². The molecule has 0 aromatic heterocycles. The Labute approximate surface area is 132 Å². The predicted octanol–water partition coefficient (Wildman–Crippen LogP) is 5.25. The van der Waals surface area contributed by atoms with E-state index in [4.69, 9.17) is 0 Å². The fourth-order valence-electron chi connectivity index (χ4n) is 2.38. The zero-order valence-corrected chi connectivity index (χ0v) is 13.8. The summed E-state index contributed by atoms with van der Waals surface area (Å²) in [7, 11) is 0. The first kappa shape index (κ1) is 13.3. The van der Waals surface area contributed by atoms with Crippen LogP contribution in [0.3, 0.4) is 0 Å². The summed E-state index contributed by atoms with van der Waals surface area (Å²) in [6.07, 6.45) is 1.19. The van der Waals surface area contributed by atoms with Gasteiger partial charge in [-0.1, -0.05) is 24.3 Å². The summed E-state index contributed by atoms with van der Waals surface area (Å²) in [6.45, 7) is 2.15. The van der Waals surface area contributed by atoms with Gasteiger partial charge in [-0.25, -0.2) is 0 Å². The van der Waals surface area contributed by atoms with E-state index in [1.165, 1.54) is 37.5 Å². The Morgan fingerprint density at radius 3 is 2.89 bits per heavy atom. The van der Waals surface area contributed by atoms with E-state index in [2.05, 4.69) is 77.3 Å². The number of hydrogen-bond donors (Lipinski definition) is 1. The van der Waals surface area contributed by atoms with Crippen LogP contribution in [-0.4, -0.2) is 5.75 Å². The van der Waals surface area contributed by atoms with Crippen LogP contribution < -0.4 is 5.32 Å². The highest BCUT2D eigenvalue weighted by Gasteiger charge is 2.19. The second-order valence-electron chi connectivity index (χ2n) is 4.84. The first-order valence-corrected chi connectivity index (χ1v) is 8.55. The van der Waals surface area contributed by atoms with Crippen molar-refractivity contribution in [2.75, 3.05) is 11.1 Å². The molecule has 1 aliphatic heterocycles. The lowest BCUT2D eigenvalue weighted by atomic mass is 10.0. The zero-order chi connectivity index (χ0) is 13.2. The maximum atomic E-state index is 3.69. The van der Waals surface area contributed by atoms with Gasteiger partial charge in [-0.3, -0.25) is 0 Å². The van der Waals surface area contributed by atoms with Crippen molar-refractivity contribution in [3.63, 3.8) is 0 Å². The van der Waals surface area contributed by atoms with Crippen LogP contribution in [0.15, 0.2) is 47.4 Å². The number of halogens is 1. The van der Waals surface area contributed by atoms with Gasteiger partial charge in [0.15, 0.2) is 0 Å². The number of nitrogens with one attached hydrogen (secondary N) is 1. The minimum atomic E-state index is 0.441. The van der Waals surface area contributed by atoms with E-state index < -0.39 is 0 Å². The summed E-state index contributed by atoms with van der Waals surface area (Å²) in [5.41, 5.74) is 4.00. The van der Waals surface area contributed by atoms with E-state index in [0.717, 1.165) is 0 Å². The Hall–Kier alpha value is -0.680. The first-order valence-electron chi connectivity index (χ1n) is 6.48. The topological polar surface area (TPSA) is 12.0 Å². The first-order chi connectivity index (χ1) is 9.24. The Morgan fingerprint density at radius 2 is 2.05 bits per heavy atom. The van der Waals surface area contributed by atoms with Gasteiger partial charge in [-0.2, -0.15) is 0 Å². The molecule has 0 spiro atoms. The highest BCUT2D eigenvalue weighted by atomic mass is 127. The maximum absolute atomic E-state index is 3.69. The number of benzene rings is 2. The molecule has 1 atom stereocenters. The highest BCUT2D eigenvalue weighted by molar-refractivity contribution is 14.1. The van der Waals surface area contributed by atoms with Gasteiger partial charge in [0.1, 0.15) is 0 Å². The van der Waals surface area contributed by atoms with Gasteiger partial charge in [0.2, 0.25) is 0 Å². The third-order valence-corrected chi connectivity index (χ3v) is 5.76. The van der Waals surface area contributed by atoms with Crippen molar-refractivity contribution in [3.8, 4) is 0 Å². The zero-order valence-electron chi connectivity index (χ0n) is 10.8. The molecule has 0 amide bonds. The van der Waals surface area contributed by atoms with Crippen molar-refractivity contribution in [3.05, 3.63) is 57.2 Å². The fourth-order valence-corrected chi connectivity index (χ4v) is 4.02. The Morgan fingerprint density at radius 1 is 1.21 bits per heavy atom. The molecule has 0 bridgehead atoms. The summed E-state index contributed by atoms with van der Waals surface area (Å²) in [5, 5.41) is 3.69. The quantitative estimate of drug-likeness (QED) is 0.714. The molecule has 1 N–H and O–H groups in total. The van der Waals surface area contributed by atoms with Crippen LogP contribution in [0.5, 0.6) is 0 Å². The fraction of sp³-hybridized carbons (Fsp3) is 0.250. The number of thioether (sulfide) groups is 1. The monoisotopic (exact) mass is 381 g/mol.